The van der Waals surface area contributed by atoms with Crippen molar-refractivity contribution in [2.45, 2.75) is 38.4 Å². The van der Waals surface area contributed by atoms with Gasteiger partial charge >= 0.3 is 0 Å². The van der Waals surface area contributed by atoms with Crippen molar-refractivity contribution >= 4 is 5.91 Å². The monoisotopic (exact) mass is 220 g/mol. The Labute approximate surface area is 94.2 Å². The van der Waals surface area contributed by atoms with Crippen LogP contribution >= 0.6 is 0 Å². The van der Waals surface area contributed by atoms with Crippen LogP contribution in [0.2, 0.25) is 0 Å². The van der Waals surface area contributed by atoms with Crippen LogP contribution in [0.25, 0.3) is 0 Å². The van der Waals surface area contributed by atoms with E-state index in [1.807, 2.05) is 10.9 Å². The van der Waals surface area contributed by atoms with Crippen LogP contribution in [0.4, 0.5) is 0 Å². The third-order valence-corrected chi connectivity index (χ3v) is 3.47. The molecule has 2 N–H and O–H groups in total. The Kier molecular flexibility index (Phi) is 2.21. The lowest BCUT2D eigenvalue weighted by atomic mass is 9.97. The summed E-state index contributed by atoms with van der Waals surface area (Å²) in [5, 5.41) is 10.7. The number of hydrogen-bond donors (Lipinski definition) is 2. The van der Waals surface area contributed by atoms with Gasteiger partial charge in [0.25, 0.3) is 0 Å². The number of hydrogen-bond acceptors (Lipinski definition) is 3. The van der Waals surface area contributed by atoms with E-state index in [0.29, 0.717) is 6.04 Å². The van der Waals surface area contributed by atoms with Gasteiger partial charge in [0.1, 0.15) is 0 Å². The molecule has 0 aromatic carbocycles. The predicted molar refractivity (Wildman–Crippen MR) is 58.9 cm³/mol. The SMILES string of the molecule is CC1Cn2ncc(C3CCNC3=O)c2CN1. The highest BCUT2D eigenvalue weighted by Crippen LogP contribution is 2.27. The Morgan fingerprint density at radius 3 is 3.19 bits per heavy atom. The van der Waals surface area contributed by atoms with E-state index in [-0.39, 0.29) is 11.8 Å². The van der Waals surface area contributed by atoms with Crippen molar-refractivity contribution in [3.63, 3.8) is 0 Å². The maximum absolute atomic E-state index is 11.7. The third kappa shape index (κ3) is 1.43. The Balaban J connectivity index is 1.94. The summed E-state index contributed by atoms with van der Waals surface area (Å²) in [5.41, 5.74) is 2.29. The molecule has 0 aliphatic carbocycles. The van der Waals surface area contributed by atoms with Crippen molar-refractivity contribution in [1.29, 1.82) is 0 Å². The van der Waals surface area contributed by atoms with Gasteiger partial charge in [-0.3, -0.25) is 9.48 Å². The number of nitrogens with zero attached hydrogens (tertiary/aromatic N) is 2. The highest BCUT2D eigenvalue weighted by atomic mass is 16.2. The van der Waals surface area contributed by atoms with E-state index >= 15 is 0 Å². The number of fused-ring (bicyclic) bond motifs is 1. The Morgan fingerprint density at radius 1 is 1.56 bits per heavy atom. The number of carbonyl (C=O) groups is 1. The van der Waals surface area contributed by atoms with Crippen molar-refractivity contribution in [3.8, 4) is 0 Å². The van der Waals surface area contributed by atoms with Gasteiger partial charge in [-0.1, -0.05) is 0 Å². The van der Waals surface area contributed by atoms with E-state index in [1.165, 1.54) is 5.69 Å². The molecule has 2 atom stereocenters. The molecule has 2 unspecified atom stereocenters. The van der Waals surface area contributed by atoms with Crippen LogP contribution in [0, 0.1) is 0 Å². The molecule has 1 fully saturated rings. The fourth-order valence-corrected chi connectivity index (χ4v) is 2.55. The second-order valence-corrected chi connectivity index (χ2v) is 4.64. The number of aromatic nitrogens is 2. The summed E-state index contributed by atoms with van der Waals surface area (Å²) >= 11 is 0. The Morgan fingerprint density at radius 2 is 2.44 bits per heavy atom. The molecule has 1 aromatic rings. The summed E-state index contributed by atoms with van der Waals surface area (Å²) in [5.74, 6) is 0.161. The first-order valence-corrected chi connectivity index (χ1v) is 5.81. The van der Waals surface area contributed by atoms with Gasteiger partial charge in [0, 0.05) is 24.7 Å². The molecule has 1 aromatic heterocycles. The quantitative estimate of drug-likeness (QED) is 0.699. The van der Waals surface area contributed by atoms with Crippen LogP contribution in [0.1, 0.15) is 30.5 Å². The Hall–Kier alpha value is -1.36. The number of nitrogens with one attached hydrogen (secondary N) is 2. The highest BCUT2D eigenvalue weighted by Gasteiger charge is 2.31. The van der Waals surface area contributed by atoms with E-state index in [1.54, 1.807) is 0 Å². The van der Waals surface area contributed by atoms with Crippen LogP contribution < -0.4 is 10.6 Å². The molecular weight excluding hydrogens is 204 g/mol. The van der Waals surface area contributed by atoms with Gasteiger partial charge in [-0.15, -0.1) is 0 Å². The molecule has 2 aliphatic heterocycles. The lowest BCUT2D eigenvalue weighted by molar-refractivity contribution is -0.120. The van der Waals surface area contributed by atoms with Gasteiger partial charge in [-0.25, -0.2) is 0 Å². The first-order chi connectivity index (χ1) is 7.75. The fraction of sp³-hybridized carbons (Fsp3) is 0.636. The van der Waals surface area contributed by atoms with Crippen molar-refractivity contribution in [2.24, 2.45) is 0 Å². The standard InChI is InChI=1S/C11H16N4O/c1-7-6-15-10(5-13-7)9(4-14-15)8-2-3-12-11(8)16/h4,7-8,13H,2-3,5-6H2,1H3,(H,12,16). The molecule has 3 heterocycles. The zero-order chi connectivity index (χ0) is 11.1. The van der Waals surface area contributed by atoms with E-state index in [0.717, 1.165) is 31.6 Å². The maximum atomic E-state index is 11.7. The molecular formula is C11H16N4O. The minimum atomic E-state index is 0.0129. The van der Waals surface area contributed by atoms with Gasteiger partial charge in [0.2, 0.25) is 5.91 Å². The molecule has 0 spiro atoms. The first-order valence-electron chi connectivity index (χ1n) is 5.81. The molecule has 5 heteroatoms. The van der Waals surface area contributed by atoms with E-state index < -0.39 is 0 Å². The number of amides is 1. The van der Waals surface area contributed by atoms with Crippen molar-refractivity contribution in [2.75, 3.05) is 6.54 Å². The molecule has 16 heavy (non-hydrogen) atoms. The first kappa shape index (κ1) is 9.84. The number of carbonyl (C=O) groups excluding carboxylic acids is 1. The average Bonchev–Trinajstić information content (AvgIpc) is 2.83. The second-order valence-electron chi connectivity index (χ2n) is 4.64. The molecule has 0 radical (unpaired) electrons. The number of rotatable bonds is 1. The molecule has 2 aliphatic rings. The van der Waals surface area contributed by atoms with E-state index in [9.17, 15) is 4.79 Å². The van der Waals surface area contributed by atoms with Crippen LogP contribution in [0.3, 0.4) is 0 Å². The fourth-order valence-electron chi connectivity index (χ4n) is 2.55. The van der Waals surface area contributed by atoms with Gasteiger partial charge in [-0.05, 0) is 13.3 Å². The zero-order valence-electron chi connectivity index (χ0n) is 9.36. The van der Waals surface area contributed by atoms with Crippen LogP contribution in [0.5, 0.6) is 0 Å². The van der Waals surface area contributed by atoms with Gasteiger partial charge < -0.3 is 10.6 Å². The summed E-state index contributed by atoms with van der Waals surface area (Å²) < 4.78 is 2.03. The summed E-state index contributed by atoms with van der Waals surface area (Å²) in [6.07, 6.45) is 2.76. The van der Waals surface area contributed by atoms with E-state index in [2.05, 4.69) is 22.7 Å². The molecule has 3 rings (SSSR count). The summed E-state index contributed by atoms with van der Waals surface area (Å²) in [4.78, 5) is 11.7. The van der Waals surface area contributed by atoms with Gasteiger partial charge in [0.15, 0.2) is 0 Å². The smallest absolute Gasteiger partial charge is 0.227 e. The van der Waals surface area contributed by atoms with E-state index in [4.69, 9.17) is 0 Å². The molecule has 0 saturated carbocycles. The van der Waals surface area contributed by atoms with Crippen molar-refractivity contribution in [3.05, 3.63) is 17.5 Å². The second kappa shape index (κ2) is 3.59. The molecule has 86 valence electrons. The minimum Gasteiger partial charge on any atom is -0.356 e. The third-order valence-electron chi connectivity index (χ3n) is 3.47. The normalized spacial score (nSPS) is 28.9. The topological polar surface area (TPSA) is 59.0 Å². The highest BCUT2D eigenvalue weighted by molar-refractivity contribution is 5.85. The zero-order valence-corrected chi connectivity index (χ0v) is 9.36. The predicted octanol–water partition coefficient (Wildman–Crippen LogP) is -0.0217. The molecule has 1 saturated heterocycles. The maximum Gasteiger partial charge on any atom is 0.227 e. The summed E-state index contributed by atoms with van der Waals surface area (Å²) in [7, 11) is 0. The molecule has 5 nitrogen and oxygen atoms in total. The summed E-state index contributed by atoms with van der Waals surface area (Å²) in [6.45, 7) is 4.65. The largest absolute Gasteiger partial charge is 0.356 e. The lowest BCUT2D eigenvalue weighted by Gasteiger charge is -2.23. The van der Waals surface area contributed by atoms with Crippen LogP contribution in [0.15, 0.2) is 6.20 Å². The average molecular weight is 220 g/mol. The van der Waals surface area contributed by atoms with Crippen LogP contribution in [-0.4, -0.2) is 28.3 Å². The lowest BCUT2D eigenvalue weighted by Crippen LogP contribution is -2.37. The minimum absolute atomic E-state index is 0.0129. The van der Waals surface area contributed by atoms with Crippen molar-refractivity contribution in [1.82, 2.24) is 20.4 Å². The van der Waals surface area contributed by atoms with Gasteiger partial charge in [-0.2, -0.15) is 5.10 Å². The van der Waals surface area contributed by atoms with Crippen molar-refractivity contribution < 1.29 is 4.79 Å². The Bertz CT molecular complexity index is 426. The summed E-state index contributed by atoms with van der Waals surface area (Å²) in [6, 6.07) is 0.456. The van der Waals surface area contributed by atoms with Gasteiger partial charge in [0.05, 0.1) is 24.4 Å². The molecule has 0 bridgehead atoms. The molecule has 1 amide bonds. The van der Waals surface area contributed by atoms with Crippen LogP contribution in [-0.2, 0) is 17.9 Å².